The third-order valence-electron chi connectivity index (χ3n) is 3.12. The van der Waals surface area contributed by atoms with Crippen LogP contribution in [0.2, 0.25) is 0 Å². The summed E-state index contributed by atoms with van der Waals surface area (Å²) in [4.78, 5) is 5.04. The zero-order valence-electron chi connectivity index (χ0n) is 9.04. The highest BCUT2D eigenvalue weighted by atomic mass is 15.3. The highest BCUT2D eigenvalue weighted by Gasteiger charge is 2.27. The molecule has 0 bridgehead atoms. The molecule has 2 nitrogen and oxygen atoms in total. The van der Waals surface area contributed by atoms with Gasteiger partial charge in [0.05, 0.1) is 0 Å². The van der Waals surface area contributed by atoms with Crippen molar-refractivity contribution in [1.29, 1.82) is 0 Å². The predicted octanol–water partition coefficient (Wildman–Crippen LogP) is 1.42. The van der Waals surface area contributed by atoms with Crippen molar-refractivity contribution in [3.63, 3.8) is 0 Å². The summed E-state index contributed by atoms with van der Waals surface area (Å²) in [6.45, 7) is 11.6. The molecule has 0 radical (unpaired) electrons. The van der Waals surface area contributed by atoms with Crippen molar-refractivity contribution in [2.24, 2.45) is 0 Å². The third-order valence-corrected chi connectivity index (χ3v) is 3.12. The third kappa shape index (κ3) is 1.99. The fourth-order valence-corrected chi connectivity index (χ4v) is 1.87. The Morgan fingerprint density at radius 3 is 1.83 bits per heavy atom. The lowest BCUT2D eigenvalue weighted by molar-refractivity contribution is 0.0425. The van der Waals surface area contributed by atoms with E-state index in [1.807, 2.05) is 0 Å². The fraction of sp³-hybridized carbons (Fsp3) is 1.00. The Bertz CT molecular complexity index is 133. The second-order valence-electron chi connectivity index (χ2n) is 4.41. The highest BCUT2D eigenvalue weighted by Crippen LogP contribution is 2.14. The zero-order chi connectivity index (χ0) is 9.30. The van der Waals surface area contributed by atoms with Gasteiger partial charge < -0.3 is 0 Å². The minimum Gasteiger partial charge on any atom is -0.298 e. The van der Waals surface area contributed by atoms with Gasteiger partial charge in [0.25, 0.3) is 0 Å². The number of piperazine rings is 1. The van der Waals surface area contributed by atoms with Crippen LogP contribution in [0.4, 0.5) is 0 Å². The van der Waals surface area contributed by atoms with Crippen molar-refractivity contribution < 1.29 is 0 Å². The second-order valence-corrected chi connectivity index (χ2v) is 4.41. The molecule has 12 heavy (non-hydrogen) atoms. The van der Waals surface area contributed by atoms with Crippen molar-refractivity contribution in [3.05, 3.63) is 0 Å². The second kappa shape index (κ2) is 3.75. The normalized spacial score (nSPS) is 34.5. The van der Waals surface area contributed by atoms with Crippen LogP contribution in [0.15, 0.2) is 0 Å². The molecule has 0 aliphatic carbocycles. The monoisotopic (exact) mass is 170 g/mol. The molecule has 0 aromatic rings. The first-order valence-corrected chi connectivity index (χ1v) is 4.98. The summed E-state index contributed by atoms with van der Waals surface area (Å²) in [6, 6.07) is 2.11. The van der Waals surface area contributed by atoms with Crippen LogP contribution in [-0.2, 0) is 0 Å². The summed E-state index contributed by atoms with van der Waals surface area (Å²) in [6.07, 6.45) is 0. The highest BCUT2D eigenvalue weighted by molar-refractivity contribution is 4.83. The van der Waals surface area contributed by atoms with Crippen LogP contribution >= 0.6 is 0 Å². The quantitative estimate of drug-likeness (QED) is 0.587. The molecule has 1 saturated heterocycles. The summed E-state index contributed by atoms with van der Waals surface area (Å²) >= 11 is 0. The Hall–Kier alpha value is -0.0800. The number of hydrogen-bond donors (Lipinski definition) is 0. The molecule has 0 aromatic carbocycles. The first-order valence-electron chi connectivity index (χ1n) is 4.98. The van der Waals surface area contributed by atoms with Gasteiger partial charge in [-0.05, 0) is 34.7 Å². The lowest BCUT2D eigenvalue weighted by atomic mass is 10.1. The molecule has 0 saturated carbocycles. The Morgan fingerprint density at radius 2 is 1.50 bits per heavy atom. The molecule has 0 unspecified atom stereocenters. The Balaban J connectivity index is 2.53. The van der Waals surface area contributed by atoms with Gasteiger partial charge in [-0.15, -0.1) is 0 Å². The van der Waals surface area contributed by atoms with Crippen molar-refractivity contribution >= 4 is 0 Å². The Labute approximate surface area is 76.5 Å². The van der Waals surface area contributed by atoms with Gasteiger partial charge in [0.15, 0.2) is 0 Å². The molecule has 2 heteroatoms. The van der Waals surface area contributed by atoms with E-state index in [0.29, 0.717) is 18.1 Å². The molecule has 1 fully saturated rings. The molecular formula is C10H22N2. The number of rotatable bonds is 1. The molecule has 72 valence electrons. The molecular weight excluding hydrogens is 148 g/mol. The van der Waals surface area contributed by atoms with E-state index in [4.69, 9.17) is 0 Å². The van der Waals surface area contributed by atoms with E-state index in [0.717, 1.165) is 0 Å². The van der Waals surface area contributed by atoms with Crippen molar-refractivity contribution in [2.45, 2.75) is 45.8 Å². The first-order chi connectivity index (χ1) is 5.52. The van der Waals surface area contributed by atoms with Gasteiger partial charge in [0.1, 0.15) is 0 Å². The minimum atomic E-state index is 0.698. The van der Waals surface area contributed by atoms with Gasteiger partial charge in [-0.1, -0.05) is 0 Å². The molecule has 0 amide bonds. The number of likely N-dealkylation sites (N-methyl/N-ethyl adjacent to an activating group) is 1. The first kappa shape index (κ1) is 10.0. The van der Waals surface area contributed by atoms with Crippen molar-refractivity contribution in [2.75, 3.05) is 20.1 Å². The standard InChI is InChI=1S/C10H22N2/c1-8(2)12-6-9(3)11(5)10(4)7-12/h8-10H,6-7H2,1-5H3/t9-,10+. The van der Waals surface area contributed by atoms with Gasteiger partial charge in [-0.3, -0.25) is 9.80 Å². The van der Waals surface area contributed by atoms with Crippen LogP contribution < -0.4 is 0 Å². The maximum absolute atomic E-state index is 2.56. The SMILES string of the molecule is CC(C)N1C[C@@H](C)N(C)[C@@H](C)C1. The largest absolute Gasteiger partial charge is 0.298 e. The summed E-state index contributed by atoms with van der Waals surface area (Å²) in [5.74, 6) is 0. The summed E-state index contributed by atoms with van der Waals surface area (Å²) in [5.41, 5.74) is 0. The van der Waals surface area contributed by atoms with E-state index in [-0.39, 0.29) is 0 Å². The lowest BCUT2D eigenvalue weighted by Gasteiger charge is -2.44. The minimum absolute atomic E-state index is 0.698. The topological polar surface area (TPSA) is 6.48 Å². The fourth-order valence-electron chi connectivity index (χ4n) is 1.87. The van der Waals surface area contributed by atoms with Crippen molar-refractivity contribution in [3.8, 4) is 0 Å². The Morgan fingerprint density at radius 1 is 1.08 bits per heavy atom. The number of hydrogen-bond acceptors (Lipinski definition) is 2. The Kier molecular flexibility index (Phi) is 3.13. The van der Waals surface area contributed by atoms with Gasteiger partial charge in [-0.25, -0.2) is 0 Å². The molecule has 0 N–H and O–H groups in total. The maximum atomic E-state index is 2.56. The molecule has 1 aliphatic heterocycles. The van der Waals surface area contributed by atoms with Crippen LogP contribution in [0.3, 0.4) is 0 Å². The summed E-state index contributed by atoms with van der Waals surface area (Å²) in [5, 5.41) is 0. The van der Waals surface area contributed by atoms with Gasteiger partial charge in [0, 0.05) is 31.2 Å². The maximum Gasteiger partial charge on any atom is 0.0195 e. The van der Waals surface area contributed by atoms with Crippen LogP contribution in [0, 0.1) is 0 Å². The van der Waals surface area contributed by atoms with Crippen LogP contribution in [0.5, 0.6) is 0 Å². The van der Waals surface area contributed by atoms with Crippen LogP contribution in [-0.4, -0.2) is 48.1 Å². The molecule has 2 atom stereocenters. The van der Waals surface area contributed by atoms with Crippen molar-refractivity contribution in [1.82, 2.24) is 9.80 Å². The molecule has 1 aliphatic rings. The van der Waals surface area contributed by atoms with E-state index in [1.54, 1.807) is 0 Å². The molecule has 0 spiro atoms. The summed E-state index contributed by atoms with van der Waals surface area (Å²) in [7, 11) is 2.23. The van der Waals surface area contributed by atoms with E-state index in [9.17, 15) is 0 Å². The van der Waals surface area contributed by atoms with Gasteiger partial charge >= 0.3 is 0 Å². The molecule has 1 rings (SSSR count). The smallest absolute Gasteiger partial charge is 0.0195 e. The van der Waals surface area contributed by atoms with E-state index >= 15 is 0 Å². The average molecular weight is 170 g/mol. The average Bonchev–Trinajstić information content (AvgIpc) is 1.99. The number of nitrogens with zero attached hydrogens (tertiary/aromatic N) is 2. The molecule has 0 aromatic heterocycles. The molecule has 1 heterocycles. The van der Waals surface area contributed by atoms with E-state index in [1.165, 1.54) is 13.1 Å². The van der Waals surface area contributed by atoms with Crippen LogP contribution in [0.1, 0.15) is 27.7 Å². The zero-order valence-corrected chi connectivity index (χ0v) is 9.04. The lowest BCUT2D eigenvalue weighted by Crippen LogP contribution is -2.56. The van der Waals surface area contributed by atoms with Gasteiger partial charge in [0.2, 0.25) is 0 Å². The summed E-state index contributed by atoms with van der Waals surface area (Å²) < 4.78 is 0. The van der Waals surface area contributed by atoms with E-state index < -0.39 is 0 Å². The predicted molar refractivity (Wildman–Crippen MR) is 53.4 cm³/mol. The van der Waals surface area contributed by atoms with Gasteiger partial charge in [-0.2, -0.15) is 0 Å². The van der Waals surface area contributed by atoms with E-state index in [2.05, 4.69) is 44.5 Å². The van der Waals surface area contributed by atoms with Crippen LogP contribution in [0.25, 0.3) is 0 Å².